The van der Waals surface area contributed by atoms with E-state index in [0.29, 0.717) is 12.1 Å². The van der Waals surface area contributed by atoms with Gasteiger partial charge in [-0.1, -0.05) is 19.8 Å². The Morgan fingerprint density at radius 1 is 0.657 bits per heavy atom. The van der Waals surface area contributed by atoms with Crippen LogP contribution in [0.3, 0.4) is 0 Å². The summed E-state index contributed by atoms with van der Waals surface area (Å²) in [5.41, 5.74) is 5.03. The van der Waals surface area contributed by atoms with E-state index in [9.17, 15) is 4.79 Å². The molecule has 35 heavy (non-hydrogen) atoms. The summed E-state index contributed by atoms with van der Waals surface area (Å²) in [5.74, 6) is 0.185. The van der Waals surface area contributed by atoms with Crippen molar-refractivity contribution in [2.24, 2.45) is 20.5 Å². The van der Waals surface area contributed by atoms with Crippen molar-refractivity contribution in [3.05, 3.63) is 78.4 Å². The van der Waals surface area contributed by atoms with Gasteiger partial charge in [0.2, 0.25) is 0 Å². The lowest BCUT2D eigenvalue weighted by molar-refractivity contribution is 0.0979. The molecule has 0 N–H and O–H groups in total. The van der Waals surface area contributed by atoms with Gasteiger partial charge in [-0.2, -0.15) is 20.5 Å². The van der Waals surface area contributed by atoms with Gasteiger partial charge in [0, 0.05) is 30.8 Å². The van der Waals surface area contributed by atoms with Crippen molar-refractivity contribution in [3.8, 4) is 0 Å². The Labute approximate surface area is 207 Å². The van der Waals surface area contributed by atoms with E-state index in [1.807, 2.05) is 60.7 Å². The second-order valence-corrected chi connectivity index (χ2v) is 8.91. The lowest BCUT2D eigenvalue weighted by Crippen LogP contribution is -2.29. The zero-order valence-electron chi connectivity index (χ0n) is 20.4. The molecule has 0 radical (unpaired) electrons. The van der Waals surface area contributed by atoms with Gasteiger partial charge in [-0.25, -0.2) is 0 Å². The van der Waals surface area contributed by atoms with E-state index in [-0.39, 0.29) is 5.78 Å². The maximum absolute atomic E-state index is 12.2. The number of hydrogen-bond donors (Lipinski definition) is 0. The molecular formula is C29H33N5O. The second kappa shape index (κ2) is 12.7. The molecule has 0 atom stereocenters. The molecule has 6 nitrogen and oxygen atoms in total. The van der Waals surface area contributed by atoms with Gasteiger partial charge in [-0.15, -0.1) is 0 Å². The van der Waals surface area contributed by atoms with Crippen LogP contribution < -0.4 is 4.90 Å². The third-order valence-electron chi connectivity index (χ3n) is 6.18. The molecule has 0 aromatic heterocycles. The third-order valence-corrected chi connectivity index (χ3v) is 6.18. The summed E-state index contributed by atoms with van der Waals surface area (Å²) in [5, 5.41) is 17.3. The van der Waals surface area contributed by atoms with Crippen molar-refractivity contribution in [3.63, 3.8) is 0 Å². The minimum atomic E-state index is 0.185. The molecule has 6 heteroatoms. The van der Waals surface area contributed by atoms with Crippen molar-refractivity contribution in [1.29, 1.82) is 0 Å². The number of anilines is 1. The van der Waals surface area contributed by atoms with Gasteiger partial charge in [0.1, 0.15) is 0 Å². The topological polar surface area (TPSA) is 69.7 Å². The lowest BCUT2D eigenvalue weighted by Gasteiger charge is -2.28. The highest BCUT2D eigenvalue weighted by Gasteiger charge is 2.10. The molecule has 0 amide bonds. The third kappa shape index (κ3) is 7.41. The summed E-state index contributed by atoms with van der Waals surface area (Å²) in [6, 6.07) is 23.1. The van der Waals surface area contributed by atoms with Crippen molar-refractivity contribution >= 4 is 34.2 Å². The Morgan fingerprint density at radius 3 is 1.60 bits per heavy atom. The number of azo groups is 2. The average Bonchev–Trinajstić information content (AvgIpc) is 2.92. The first kappa shape index (κ1) is 24.5. The first-order chi connectivity index (χ1) is 17.2. The Balaban J connectivity index is 1.30. The van der Waals surface area contributed by atoms with Crippen molar-refractivity contribution < 1.29 is 4.79 Å². The summed E-state index contributed by atoms with van der Waals surface area (Å²) in [6.07, 6.45) is 7.61. The van der Waals surface area contributed by atoms with E-state index in [2.05, 4.69) is 44.4 Å². The normalized spacial score (nSPS) is 14.1. The van der Waals surface area contributed by atoms with E-state index in [1.54, 1.807) is 0 Å². The molecule has 1 heterocycles. The molecule has 1 aliphatic rings. The largest absolute Gasteiger partial charge is 0.372 e. The molecule has 1 aliphatic heterocycles. The molecule has 0 saturated carbocycles. The Bertz CT molecular complexity index is 1130. The molecule has 1 saturated heterocycles. The summed E-state index contributed by atoms with van der Waals surface area (Å²) in [6.45, 7) is 4.40. The fourth-order valence-corrected chi connectivity index (χ4v) is 4.09. The molecule has 0 unspecified atom stereocenters. The fraction of sp³-hybridized carbons (Fsp3) is 0.345. The van der Waals surface area contributed by atoms with Crippen LogP contribution in [0.4, 0.5) is 28.4 Å². The highest BCUT2D eigenvalue weighted by Crippen LogP contribution is 2.26. The van der Waals surface area contributed by atoms with Crippen molar-refractivity contribution in [2.75, 3.05) is 18.0 Å². The molecule has 0 spiro atoms. The number of hydrogen-bond acceptors (Lipinski definition) is 6. The molecule has 180 valence electrons. The lowest BCUT2D eigenvalue weighted by atomic mass is 10.0. The van der Waals surface area contributed by atoms with Crippen LogP contribution >= 0.6 is 0 Å². The Morgan fingerprint density at radius 2 is 1.11 bits per heavy atom. The number of unbranched alkanes of at least 4 members (excludes halogenated alkanes) is 2. The summed E-state index contributed by atoms with van der Waals surface area (Å²) in [4.78, 5) is 14.6. The molecule has 1 fully saturated rings. The van der Waals surface area contributed by atoms with Gasteiger partial charge in [0.05, 0.1) is 22.7 Å². The standard InChI is InChI=1S/C29H33N5O/c1-2-3-5-8-29(35)23-9-11-24(12-10-23)30-31-25-13-15-26(16-14-25)32-33-27-17-19-28(20-18-27)34-21-6-4-7-22-34/h9-20H,2-8,21-22H2,1H3. The van der Waals surface area contributed by atoms with Crippen molar-refractivity contribution in [2.45, 2.75) is 51.9 Å². The maximum Gasteiger partial charge on any atom is 0.162 e. The highest BCUT2D eigenvalue weighted by atomic mass is 16.1. The maximum atomic E-state index is 12.2. The summed E-state index contributed by atoms with van der Waals surface area (Å²) < 4.78 is 0. The molecule has 4 rings (SSSR count). The van der Waals surface area contributed by atoms with E-state index in [0.717, 1.165) is 55.0 Å². The van der Waals surface area contributed by atoms with Crippen LogP contribution in [-0.4, -0.2) is 18.9 Å². The predicted molar refractivity (Wildman–Crippen MR) is 142 cm³/mol. The van der Waals surface area contributed by atoms with Crippen LogP contribution in [0, 0.1) is 0 Å². The first-order valence-electron chi connectivity index (χ1n) is 12.6. The predicted octanol–water partition coefficient (Wildman–Crippen LogP) is 9.27. The van der Waals surface area contributed by atoms with Crippen LogP contribution in [0.25, 0.3) is 0 Å². The van der Waals surface area contributed by atoms with Crippen LogP contribution in [0.15, 0.2) is 93.3 Å². The van der Waals surface area contributed by atoms with Gasteiger partial charge in [-0.05, 0) is 98.5 Å². The number of carbonyl (C=O) groups excluding carboxylic acids is 1. The second-order valence-electron chi connectivity index (χ2n) is 8.91. The monoisotopic (exact) mass is 467 g/mol. The highest BCUT2D eigenvalue weighted by molar-refractivity contribution is 5.96. The van der Waals surface area contributed by atoms with E-state index < -0.39 is 0 Å². The van der Waals surface area contributed by atoms with Crippen LogP contribution in [0.5, 0.6) is 0 Å². The number of rotatable bonds is 10. The van der Waals surface area contributed by atoms with Gasteiger partial charge < -0.3 is 4.90 Å². The average molecular weight is 468 g/mol. The molecule has 0 aliphatic carbocycles. The fourth-order valence-electron chi connectivity index (χ4n) is 4.09. The van der Waals surface area contributed by atoms with E-state index in [4.69, 9.17) is 0 Å². The number of piperidine rings is 1. The van der Waals surface area contributed by atoms with Crippen LogP contribution in [0.1, 0.15) is 62.2 Å². The number of nitrogens with zero attached hydrogens (tertiary/aromatic N) is 5. The quantitative estimate of drug-likeness (QED) is 0.169. The van der Waals surface area contributed by atoms with Gasteiger partial charge >= 0.3 is 0 Å². The summed E-state index contributed by atoms with van der Waals surface area (Å²) >= 11 is 0. The SMILES string of the molecule is CCCCCC(=O)c1ccc(N=Nc2ccc(N=Nc3ccc(N4CCCCC4)cc3)cc2)cc1. The molecular weight excluding hydrogens is 434 g/mol. The first-order valence-corrected chi connectivity index (χ1v) is 12.6. The zero-order valence-corrected chi connectivity index (χ0v) is 20.4. The minimum Gasteiger partial charge on any atom is -0.372 e. The van der Waals surface area contributed by atoms with Gasteiger partial charge in [0.25, 0.3) is 0 Å². The smallest absolute Gasteiger partial charge is 0.162 e. The van der Waals surface area contributed by atoms with Crippen LogP contribution in [-0.2, 0) is 0 Å². The van der Waals surface area contributed by atoms with Gasteiger partial charge in [-0.3, -0.25) is 4.79 Å². The molecule has 0 bridgehead atoms. The van der Waals surface area contributed by atoms with E-state index in [1.165, 1.54) is 24.9 Å². The number of Topliss-reactive ketones (excluding diaryl/α,β-unsaturated/α-hetero) is 1. The number of benzene rings is 3. The minimum absolute atomic E-state index is 0.185. The molecule has 3 aromatic rings. The van der Waals surface area contributed by atoms with Crippen molar-refractivity contribution in [1.82, 2.24) is 0 Å². The van der Waals surface area contributed by atoms with E-state index >= 15 is 0 Å². The Hall–Kier alpha value is -3.67. The number of carbonyl (C=O) groups is 1. The number of ketones is 1. The van der Waals surface area contributed by atoms with Gasteiger partial charge in [0.15, 0.2) is 5.78 Å². The zero-order chi connectivity index (χ0) is 24.3. The molecule has 3 aromatic carbocycles. The van der Waals surface area contributed by atoms with Crippen LogP contribution in [0.2, 0.25) is 0 Å². The summed E-state index contributed by atoms with van der Waals surface area (Å²) in [7, 11) is 0. The Kier molecular flexibility index (Phi) is 8.87.